The standard InChI is InChI=1S/C14H22N4/c1-10-16-13-7-8-15-9-12(13)14(17-10)18-11-5-3-2-4-6-11/h11,15H,2-9H2,1H3,(H,16,17,18). The predicted octanol–water partition coefficient (Wildman–Crippen LogP) is 2.18. The van der Waals surface area contributed by atoms with Crippen molar-refractivity contribution < 1.29 is 0 Å². The van der Waals surface area contributed by atoms with Gasteiger partial charge in [-0.05, 0) is 19.8 Å². The van der Waals surface area contributed by atoms with E-state index < -0.39 is 0 Å². The van der Waals surface area contributed by atoms with Crippen molar-refractivity contribution in [3.8, 4) is 0 Å². The average Bonchev–Trinajstić information content (AvgIpc) is 2.40. The van der Waals surface area contributed by atoms with Crippen LogP contribution in [-0.2, 0) is 13.0 Å². The summed E-state index contributed by atoms with van der Waals surface area (Å²) in [7, 11) is 0. The summed E-state index contributed by atoms with van der Waals surface area (Å²) < 4.78 is 0. The first-order chi connectivity index (χ1) is 8.83. The smallest absolute Gasteiger partial charge is 0.134 e. The maximum absolute atomic E-state index is 4.62. The van der Waals surface area contributed by atoms with Crippen molar-refractivity contribution in [3.05, 3.63) is 17.1 Å². The maximum atomic E-state index is 4.62. The molecule has 2 aliphatic rings. The van der Waals surface area contributed by atoms with Gasteiger partial charge in [0.25, 0.3) is 0 Å². The van der Waals surface area contributed by atoms with Crippen LogP contribution in [0.1, 0.15) is 49.2 Å². The van der Waals surface area contributed by atoms with Gasteiger partial charge in [-0.2, -0.15) is 0 Å². The van der Waals surface area contributed by atoms with Gasteiger partial charge in [0, 0.05) is 31.1 Å². The zero-order valence-electron chi connectivity index (χ0n) is 11.1. The third-order valence-electron chi connectivity index (χ3n) is 3.99. The number of aromatic nitrogens is 2. The van der Waals surface area contributed by atoms with Crippen molar-refractivity contribution >= 4 is 5.82 Å². The molecule has 0 saturated heterocycles. The first-order valence-corrected chi connectivity index (χ1v) is 7.16. The molecule has 1 aromatic heterocycles. The van der Waals surface area contributed by atoms with Crippen molar-refractivity contribution in [1.82, 2.24) is 15.3 Å². The minimum atomic E-state index is 0.610. The highest BCUT2D eigenvalue weighted by molar-refractivity contribution is 5.48. The second kappa shape index (κ2) is 5.22. The molecule has 2 N–H and O–H groups in total. The molecular formula is C14H22N4. The number of aryl methyl sites for hydroxylation is 1. The number of fused-ring (bicyclic) bond motifs is 1. The second-order valence-electron chi connectivity index (χ2n) is 5.45. The summed E-state index contributed by atoms with van der Waals surface area (Å²) in [5, 5.41) is 7.08. The molecular weight excluding hydrogens is 224 g/mol. The zero-order valence-corrected chi connectivity index (χ0v) is 11.1. The van der Waals surface area contributed by atoms with E-state index in [9.17, 15) is 0 Å². The Kier molecular flexibility index (Phi) is 3.46. The average molecular weight is 246 g/mol. The SMILES string of the molecule is Cc1nc2c(c(NC3CCCCC3)n1)CNCC2. The molecule has 1 aromatic rings. The molecule has 4 heteroatoms. The van der Waals surface area contributed by atoms with E-state index in [2.05, 4.69) is 20.6 Å². The molecule has 0 amide bonds. The van der Waals surface area contributed by atoms with Gasteiger partial charge in [-0.15, -0.1) is 0 Å². The molecule has 0 atom stereocenters. The Hall–Kier alpha value is -1.16. The molecule has 0 radical (unpaired) electrons. The van der Waals surface area contributed by atoms with Gasteiger partial charge < -0.3 is 10.6 Å². The molecule has 18 heavy (non-hydrogen) atoms. The Labute approximate surface area is 109 Å². The van der Waals surface area contributed by atoms with Gasteiger partial charge in [-0.1, -0.05) is 19.3 Å². The lowest BCUT2D eigenvalue weighted by Crippen LogP contribution is -2.29. The summed E-state index contributed by atoms with van der Waals surface area (Å²) in [5.74, 6) is 1.98. The molecule has 1 aliphatic heterocycles. The van der Waals surface area contributed by atoms with E-state index in [1.807, 2.05) is 6.92 Å². The molecule has 98 valence electrons. The summed E-state index contributed by atoms with van der Waals surface area (Å²) >= 11 is 0. The van der Waals surface area contributed by atoms with E-state index in [4.69, 9.17) is 0 Å². The third-order valence-corrected chi connectivity index (χ3v) is 3.99. The normalized spacial score (nSPS) is 20.5. The van der Waals surface area contributed by atoms with Crippen LogP contribution < -0.4 is 10.6 Å². The van der Waals surface area contributed by atoms with Crippen LogP contribution in [0.5, 0.6) is 0 Å². The lowest BCUT2D eigenvalue weighted by Gasteiger charge is -2.26. The lowest BCUT2D eigenvalue weighted by atomic mass is 9.95. The predicted molar refractivity (Wildman–Crippen MR) is 72.7 cm³/mol. The minimum Gasteiger partial charge on any atom is -0.367 e. The molecule has 1 saturated carbocycles. The second-order valence-corrected chi connectivity index (χ2v) is 5.45. The van der Waals surface area contributed by atoms with Gasteiger partial charge in [0.05, 0.1) is 5.69 Å². The molecule has 0 unspecified atom stereocenters. The minimum absolute atomic E-state index is 0.610. The van der Waals surface area contributed by atoms with Crippen molar-refractivity contribution in [2.24, 2.45) is 0 Å². The van der Waals surface area contributed by atoms with Gasteiger partial charge in [0.15, 0.2) is 0 Å². The van der Waals surface area contributed by atoms with Gasteiger partial charge in [-0.25, -0.2) is 9.97 Å². The monoisotopic (exact) mass is 246 g/mol. The van der Waals surface area contributed by atoms with Crippen LogP contribution in [0.4, 0.5) is 5.82 Å². The van der Waals surface area contributed by atoms with E-state index in [-0.39, 0.29) is 0 Å². The van der Waals surface area contributed by atoms with Gasteiger partial charge >= 0.3 is 0 Å². The van der Waals surface area contributed by atoms with Crippen LogP contribution in [0.15, 0.2) is 0 Å². The van der Waals surface area contributed by atoms with Gasteiger partial charge in [0.1, 0.15) is 11.6 Å². The van der Waals surface area contributed by atoms with Crippen LogP contribution in [0.3, 0.4) is 0 Å². The Morgan fingerprint density at radius 1 is 1.17 bits per heavy atom. The quantitative estimate of drug-likeness (QED) is 0.839. The summed E-state index contributed by atoms with van der Waals surface area (Å²) in [6.45, 7) is 3.94. The Bertz CT molecular complexity index is 424. The molecule has 0 aromatic carbocycles. The number of nitrogens with one attached hydrogen (secondary N) is 2. The van der Waals surface area contributed by atoms with Crippen LogP contribution in [0.25, 0.3) is 0 Å². The molecule has 0 spiro atoms. The van der Waals surface area contributed by atoms with Crippen molar-refractivity contribution in [2.75, 3.05) is 11.9 Å². The highest BCUT2D eigenvalue weighted by Crippen LogP contribution is 2.25. The van der Waals surface area contributed by atoms with Gasteiger partial charge in [0.2, 0.25) is 0 Å². The first-order valence-electron chi connectivity index (χ1n) is 7.16. The largest absolute Gasteiger partial charge is 0.367 e. The summed E-state index contributed by atoms with van der Waals surface area (Å²) in [5.41, 5.74) is 2.52. The van der Waals surface area contributed by atoms with Crippen molar-refractivity contribution in [1.29, 1.82) is 0 Å². The molecule has 3 rings (SSSR count). The number of nitrogens with zero attached hydrogens (tertiary/aromatic N) is 2. The summed E-state index contributed by atoms with van der Waals surface area (Å²) in [4.78, 5) is 9.19. The maximum Gasteiger partial charge on any atom is 0.134 e. The highest BCUT2D eigenvalue weighted by atomic mass is 15.1. The van der Waals surface area contributed by atoms with E-state index in [0.717, 1.165) is 31.2 Å². The van der Waals surface area contributed by atoms with E-state index in [1.165, 1.54) is 43.4 Å². The fourth-order valence-corrected chi connectivity index (χ4v) is 3.03. The molecule has 4 nitrogen and oxygen atoms in total. The molecule has 1 fully saturated rings. The summed E-state index contributed by atoms with van der Waals surface area (Å²) in [6.07, 6.45) is 7.68. The fraction of sp³-hybridized carbons (Fsp3) is 0.714. The number of anilines is 1. The lowest BCUT2D eigenvalue weighted by molar-refractivity contribution is 0.460. The number of hydrogen-bond donors (Lipinski definition) is 2. The first kappa shape index (κ1) is 11.9. The van der Waals surface area contributed by atoms with Crippen LogP contribution in [0.2, 0.25) is 0 Å². The van der Waals surface area contributed by atoms with E-state index >= 15 is 0 Å². The van der Waals surface area contributed by atoms with Crippen LogP contribution in [0, 0.1) is 6.92 Å². The number of rotatable bonds is 2. The molecule has 0 bridgehead atoms. The van der Waals surface area contributed by atoms with Crippen LogP contribution in [-0.4, -0.2) is 22.6 Å². The van der Waals surface area contributed by atoms with Crippen LogP contribution >= 0.6 is 0 Å². The molecule has 2 heterocycles. The molecule has 1 aliphatic carbocycles. The van der Waals surface area contributed by atoms with Gasteiger partial charge in [-0.3, -0.25) is 0 Å². The fourth-order valence-electron chi connectivity index (χ4n) is 3.03. The third kappa shape index (κ3) is 2.48. The summed E-state index contributed by atoms with van der Waals surface area (Å²) in [6, 6.07) is 0.610. The van der Waals surface area contributed by atoms with E-state index in [1.54, 1.807) is 0 Å². The Balaban J connectivity index is 1.83. The van der Waals surface area contributed by atoms with Crippen molar-refractivity contribution in [2.45, 2.75) is 58.0 Å². The number of hydrogen-bond acceptors (Lipinski definition) is 4. The topological polar surface area (TPSA) is 49.8 Å². The van der Waals surface area contributed by atoms with Crippen molar-refractivity contribution in [3.63, 3.8) is 0 Å². The Morgan fingerprint density at radius 3 is 2.83 bits per heavy atom. The Morgan fingerprint density at radius 2 is 2.00 bits per heavy atom. The zero-order chi connectivity index (χ0) is 12.4. The highest BCUT2D eigenvalue weighted by Gasteiger charge is 2.20. The van der Waals surface area contributed by atoms with E-state index in [0.29, 0.717) is 6.04 Å².